The molecule has 2 aliphatic rings. The summed E-state index contributed by atoms with van der Waals surface area (Å²) in [4.78, 5) is 13.8. The van der Waals surface area contributed by atoms with Crippen molar-refractivity contribution in [2.45, 2.75) is 50.9 Å². The van der Waals surface area contributed by atoms with Gasteiger partial charge in [0.1, 0.15) is 0 Å². The first-order chi connectivity index (χ1) is 11.8. The second-order valence-corrected chi connectivity index (χ2v) is 7.12. The van der Waals surface area contributed by atoms with Crippen molar-refractivity contribution in [2.24, 2.45) is 5.92 Å². The Hall–Kier alpha value is -2.02. The van der Waals surface area contributed by atoms with E-state index >= 15 is 0 Å². The van der Waals surface area contributed by atoms with Gasteiger partial charge in [-0.2, -0.15) is 5.26 Å². The number of amides is 2. The van der Waals surface area contributed by atoms with E-state index in [4.69, 9.17) is 5.26 Å². The third-order valence-electron chi connectivity index (χ3n) is 5.40. The number of rotatable bonds is 4. The molecule has 1 aromatic rings. The Kier molecular flexibility index (Phi) is 5.74. The molecule has 1 saturated heterocycles. The molecule has 1 N–H and O–H groups in total. The average Bonchev–Trinajstić information content (AvgIpc) is 3.12. The molecule has 0 aromatic heterocycles. The molecule has 0 spiro atoms. The predicted octanol–water partition coefficient (Wildman–Crippen LogP) is 3.83. The molecule has 128 valence electrons. The number of benzene rings is 1. The summed E-state index contributed by atoms with van der Waals surface area (Å²) < 4.78 is 0. The molecule has 1 aliphatic heterocycles. The van der Waals surface area contributed by atoms with Gasteiger partial charge in [-0.05, 0) is 42.7 Å². The number of nitriles is 1. The van der Waals surface area contributed by atoms with Crippen molar-refractivity contribution in [3.63, 3.8) is 0 Å². The zero-order valence-corrected chi connectivity index (χ0v) is 14.3. The SMILES string of the molecule is N#CC1CCN(C(=O)NCCc2ccc(C3CCCCC3)cc2)C1. The quantitative estimate of drug-likeness (QED) is 0.914. The van der Waals surface area contributed by atoms with E-state index in [-0.39, 0.29) is 11.9 Å². The maximum absolute atomic E-state index is 12.1. The summed E-state index contributed by atoms with van der Waals surface area (Å²) in [5, 5.41) is 11.9. The number of nitrogens with zero attached hydrogens (tertiary/aromatic N) is 2. The highest BCUT2D eigenvalue weighted by Gasteiger charge is 2.25. The lowest BCUT2D eigenvalue weighted by atomic mass is 9.84. The van der Waals surface area contributed by atoms with Gasteiger partial charge in [0.15, 0.2) is 0 Å². The Morgan fingerprint density at radius 1 is 1.17 bits per heavy atom. The summed E-state index contributed by atoms with van der Waals surface area (Å²) in [5.74, 6) is 0.749. The third kappa shape index (κ3) is 4.29. The first-order valence-corrected chi connectivity index (χ1v) is 9.27. The molecule has 1 atom stereocenters. The van der Waals surface area contributed by atoms with Crippen molar-refractivity contribution in [1.29, 1.82) is 5.26 Å². The molecule has 24 heavy (non-hydrogen) atoms. The largest absolute Gasteiger partial charge is 0.338 e. The fraction of sp³-hybridized carbons (Fsp3) is 0.600. The van der Waals surface area contributed by atoms with E-state index in [1.54, 1.807) is 4.90 Å². The van der Waals surface area contributed by atoms with Crippen LogP contribution in [0.5, 0.6) is 0 Å². The van der Waals surface area contributed by atoms with Crippen molar-refractivity contribution in [1.82, 2.24) is 10.2 Å². The summed E-state index contributed by atoms with van der Waals surface area (Å²) in [6.45, 7) is 1.91. The van der Waals surface area contributed by atoms with Gasteiger partial charge in [-0.3, -0.25) is 0 Å². The van der Waals surface area contributed by atoms with Crippen LogP contribution in [-0.4, -0.2) is 30.6 Å². The summed E-state index contributed by atoms with van der Waals surface area (Å²) in [5.41, 5.74) is 2.74. The second-order valence-electron chi connectivity index (χ2n) is 7.12. The molecule has 3 rings (SSSR count). The van der Waals surface area contributed by atoms with Gasteiger partial charge in [0.2, 0.25) is 0 Å². The van der Waals surface area contributed by atoms with Gasteiger partial charge in [0, 0.05) is 19.6 Å². The van der Waals surface area contributed by atoms with Crippen LogP contribution < -0.4 is 5.32 Å². The molecule has 2 amide bonds. The van der Waals surface area contributed by atoms with Gasteiger partial charge in [-0.1, -0.05) is 43.5 Å². The monoisotopic (exact) mass is 325 g/mol. The Bertz CT molecular complexity index is 584. The van der Waals surface area contributed by atoms with Gasteiger partial charge in [-0.25, -0.2) is 4.79 Å². The molecule has 1 saturated carbocycles. The number of hydrogen-bond donors (Lipinski definition) is 1. The summed E-state index contributed by atoms with van der Waals surface area (Å²) in [7, 11) is 0. The van der Waals surface area contributed by atoms with Crippen molar-refractivity contribution in [3.8, 4) is 6.07 Å². The van der Waals surface area contributed by atoms with Gasteiger partial charge >= 0.3 is 6.03 Å². The Balaban J connectivity index is 1.42. The number of likely N-dealkylation sites (tertiary alicyclic amines) is 1. The van der Waals surface area contributed by atoms with E-state index in [0.29, 0.717) is 19.6 Å². The molecule has 1 heterocycles. The number of urea groups is 1. The Labute approximate surface area is 144 Å². The third-order valence-corrected chi connectivity index (χ3v) is 5.40. The highest BCUT2D eigenvalue weighted by Crippen LogP contribution is 2.32. The van der Waals surface area contributed by atoms with E-state index in [1.807, 2.05) is 0 Å². The van der Waals surface area contributed by atoms with E-state index in [9.17, 15) is 4.79 Å². The fourth-order valence-electron chi connectivity index (χ4n) is 3.87. The minimum absolute atomic E-state index is 0.00285. The number of carbonyl (C=O) groups is 1. The minimum Gasteiger partial charge on any atom is -0.338 e. The van der Waals surface area contributed by atoms with Crippen LogP contribution in [0, 0.1) is 17.2 Å². The van der Waals surface area contributed by atoms with Crippen LogP contribution in [0.2, 0.25) is 0 Å². The summed E-state index contributed by atoms with van der Waals surface area (Å²) >= 11 is 0. The van der Waals surface area contributed by atoms with Crippen molar-refractivity contribution in [3.05, 3.63) is 35.4 Å². The molecule has 0 bridgehead atoms. The topological polar surface area (TPSA) is 56.1 Å². The molecular formula is C20H27N3O. The van der Waals surface area contributed by atoms with Crippen LogP contribution in [0.3, 0.4) is 0 Å². The van der Waals surface area contributed by atoms with Crippen LogP contribution in [0.25, 0.3) is 0 Å². The maximum Gasteiger partial charge on any atom is 0.317 e. The summed E-state index contributed by atoms with van der Waals surface area (Å²) in [6, 6.07) is 11.2. The first-order valence-electron chi connectivity index (χ1n) is 9.27. The maximum atomic E-state index is 12.1. The highest BCUT2D eigenvalue weighted by molar-refractivity contribution is 5.74. The number of hydrogen-bond acceptors (Lipinski definition) is 2. The zero-order valence-electron chi connectivity index (χ0n) is 14.3. The molecule has 1 aliphatic carbocycles. The minimum atomic E-state index is -0.0356. The van der Waals surface area contributed by atoms with Gasteiger partial charge in [0.05, 0.1) is 12.0 Å². The van der Waals surface area contributed by atoms with E-state index in [2.05, 4.69) is 35.7 Å². The van der Waals surface area contributed by atoms with Crippen LogP contribution in [0.4, 0.5) is 4.79 Å². The molecule has 0 radical (unpaired) electrons. The highest BCUT2D eigenvalue weighted by atomic mass is 16.2. The molecule has 4 heteroatoms. The van der Waals surface area contributed by atoms with E-state index < -0.39 is 0 Å². The van der Waals surface area contributed by atoms with Crippen molar-refractivity contribution in [2.75, 3.05) is 19.6 Å². The Morgan fingerprint density at radius 2 is 1.92 bits per heavy atom. The molecule has 2 fully saturated rings. The fourth-order valence-corrected chi connectivity index (χ4v) is 3.87. The van der Waals surface area contributed by atoms with Crippen molar-refractivity contribution >= 4 is 6.03 Å². The normalized spacial score (nSPS) is 21.5. The van der Waals surface area contributed by atoms with Gasteiger partial charge in [-0.15, -0.1) is 0 Å². The standard InChI is InChI=1S/C20H27N3O/c21-14-17-11-13-23(15-17)20(24)22-12-10-16-6-8-19(9-7-16)18-4-2-1-3-5-18/h6-9,17-18H,1-5,10-13,15H2,(H,22,24). The van der Waals surface area contributed by atoms with E-state index in [0.717, 1.165) is 18.8 Å². The lowest BCUT2D eigenvalue weighted by Gasteiger charge is -2.22. The lowest BCUT2D eigenvalue weighted by Crippen LogP contribution is -2.39. The lowest BCUT2D eigenvalue weighted by molar-refractivity contribution is 0.208. The van der Waals surface area contributed by atoms with E-state index in [1.165, 1.54) is 43.2 Å². The number of nitrogens with one attached hydrogen (secondary N) is 1. The molecule has 4 nitrogen and oxygen atoms in total. The zero-order chi connectivity index (χ0) is 16.8. The predicted molar refractivity (Wildman–Crippen MR) is 94.7 cm³/mol. The number of carbonyl (C=O) groups excluding carboxylic acids is 1. The van der Waals surface area contributed by atoms with Crippen LogP contribution in [-0.2, 0) is 6.42 Å². The van der Waals surface area contributed by atoms with Crippen LogP contribution in [0.1, 0.15) is 55.6 Å². The van der Waals surface area contributed by atoms with Gasteiger partial charge in [0.25, 0.3) is 0 Å². The molecular weight excluding hydrogens is 298 g/mol. The molecule has 1 aromatic carbocycles. The van der Waals surface area contributed by atoms with Crippen LogP contribution >= 0.6 is 0 Å². The second kappa shape index (κ2) is 8.19. The van der Waals surface area contributed by atoms with Crippen LogP contribution in [0.15, 0.2) is 24.3 Å². The smallest absolute Gasteiger partial charge is 0.317 e. The summed E-state index contributed by atoms with van der Waals surface area (Å²) in [6.07, 6.45) is 8.42. The average molecular weight is 325 g/mol. The first kappa shape index (κ1) is 16.8. The molecule has 1 unspecified atom stereocenters. The Morgan fingerprint density at radius 3 is 2.58 bits per heavy atom. The van der Waals surface area contributed by atoms with Gasteiger partial charge < -0.3 is 10.2 Å². The van der Waals surface area contributed by atoms with Crippen molar-refractivity contribution < 1.29 is 4.79 Å².